The summed E-state index contributed by atoms with van der Waals surface area (Å²) >= 11 is 0. The van der Waals surface area contributed by atoms with Crippen LogP contribution in [0.4, 0.5) is 4.79 Å². The average molecular weight is 377 g/mol. The fourth-order valence-corrected chi connectivity index (χ4v) is 2.73. The Kier molecular flexibility index (Phi) is 6.57. The lowest BCUT2D eigenvalue weighted by atomic mass is 10.1. The fourth-order valence-electron chi connectivity index (χ4n) is 2.73. The molecule has 0 aliphatic carbocycles. The van der Waals surface area contributed by atoms with Crippen LogP contribution >= 0.6 is 0 Å². The average Bonchev–Trinajstić information content (AvgIpc) is 2.95. The number of hydrogen-bond acceptors (Lipinski definition) is 4. The van der Waals surface area contributed by atoms with Crippen molar-refractivity contribution in [1.82, 2.24) is 16.0 Å². The first-order chi connectivity index (χ1) is 12.6. The van der Waals surface area contributed by atoms with E-state index in [0.717, 1.165) is 12.2 Å². The third kappa shape index (κ3) is 7.00. The number of fused-ring (bicyclic) bond motifs is 1. The minimum absolute atomic E-state index is 0.0776. The first-order valence-electron chi connectivity index (χ1n) is 9.28. The number of carbonyl (C=O) groups is 1. The summed E-state index contributed by atoms with van der Waals surface area (Å²) in [4.78, 5) is 16.2. The molecule has 1 aliphatic rings. The van der Waals surface area contributed by atoms with Gasteiger partial charge in [-0.05, 0) is 46.2 Å². The Morgan fingerprint density at radius 3 is 2.56 bits per heavy atom. The lowest BCUT2D eigenvalue weighted by molar-refractivity contribution is 0.0474. The smallest absolute Gasteiger partial charge is 0.408 e. The highest BCUT2D eigenvalue weighted by atomic mass is 16.6. The Bertz CT molecular complexity index is 655. The van der Waals surface area contributed by atoms with E-state index in [-0.39, 0.29) is 6.10 Å². The quantitative estimate of drug-likeness (QED) is 0.543. The number of nitrogens with zero attached hydrogens (tertiary/aromatic N) is 1. The minimum atomic E-state index is -0.524. The predicted octanol–water partition coefficient (Wildman–Crippen LogP) is 2.46. The monoisotopic (exact) mass is 376 g/mol. The molecule has 1 aromatic carbocycles. The van der Waals surface area contributed by atoms with Crippen molar-refractivity contribution in [3.8, 4) is 5.75 Å². The molecular formula is C20H32N4O3. The van der Waals surface area contributed by atoms with Gasteiger partial charge in [-0.1, -0.05) is 18.2 Å². The fraction of sp³-hybridized carbons (Fsp3) is 0.600. The first-order valence-corrected chi connectivity index (χ1v) is 9.28. The summed E-state index contributed by atoms with van der Waals surface area (Å²) in [7, 11) is 1.72. The van der Waals surface area contributed by atoms with Crippen molar-refractivity contribution in [2.45, 2.75) is 58.3 Å². The van der Waals surface area contributed by atoms with Crippen LogP contribution < -0.4 is 20.7 Å². The van der Waals surface area contributed by atoms with Crippen LogP contribution in [0.25, 0.3) is 0 Å². The van der Waals surface area contributed by atoms with Gasteiger partial charge in [0.25, 0.3) is 0 Å². The lowest BCUT2D eigenvalue weighted by Crippen LogP contribution is -2.54. The van der Waals surface area contributed by atoms with E-state index in [1.807, 2.05) is 52.8 Å². The van der Waals surface area contributed by atoms with Crippen molar-refractivity contribution in [3.05, 3.63) is 29.8 Å². The van der Waals surface area contributed by atoms with E-state index >= 15 is 0 Å². The number of para-hydroxylation sites is 1. The molecule has 150 valence electrons. The standard InChI is InChI=1S/C20H32N4O3/c1-19(2,3)27-18(25)24-20(4,5)13-23-17(21-6)22-12-15-11-14-9-7-8-10-16(14)26-15/h7-10,15H,11-13H2,1-6H3,(H,24,25)(H2,21,22,23). The second-order valence-electron chi connectivity index (χ2n) is 8.37. The van der Waals surface area contributed by atoms with Gasteiger partial charge in [0.2, 0.25) is 0 Å². The van der Waals surface area contributed by atoms with Gasteiger partial charge in [-0.15, -0.1) is 0 Å². The molecule has 27 heavy (non-hydrogen) atoms. The number of hydrogen-bond donors (Lipinski definition) is 3. The molecule has 3 N–H and O–H groups in total. The van der Waals surface area contributed by atoms with Crippen molar-refractivity contribution in [3.63, 3.8) is 0 Å². The zero-order valence-corrected chi connectivity index (χ0v) is 17.2. The molecule has 0 spiro atoms. The summed E-state index contributed by atoms with van der Waals surface area (Å²) in [5, 5.41) is 9.39. The predicted molar refractivity (Wildman–Crippen MR) is 107 cm³/mol. The van der Waals surface area contributed by atoms with E-state index in [0.29, 0.717) is 19.0 Å². The number of guanidine groups is 1. The SMILES string of the molecule is CN=C(NCC1Cc2ccccc2O1)NCC(C)(C)NC(=O)OC(C)(C)C. The van der Waals surface area contributed by atoms with Crippen LogP contribution in [-0.2, 0) is 11.2 Å². The van der Waals surface area contributed by atoms with E-state index < -0.39 is 17.2 Å². The normalized spacial score (nSPS) is 17.0. The van der Waals surface area contributed by atoms with Crippen LogP contribution in [0.2, 0.25) is 0 Å². The molecule has 0 fully saturated rings. The number of carbonyl (C=O) groups excluding carboxylic acids is 1. The highest BCUT2D eigenvalue weighted by Crippen LogP contribution is 2.27. The molecule has 0 saturated heterocycles. The Balaban J connectivity index is 1.76. The summed E-state index contributed by atoms with van der Waals surface area (Å²) in [6.07, 6.45) is 0.523. The maximum Gasteiger partial charge on any atom is 0.408 e. The first kappa shape index (κ1) is 20.9. The number of aliphatic imine (C=N–C) groups is 1. The summed E-state index contributed by atoms with van der Waals surface area (Å²) in [5.41, 5.74) is 0.208. The van der Waals surface area contributed by atoms with E-state index in [9.17, 15) is 4.79 Å². The van der Waals surface area contributed by atoms with Gasteiger partial charge in [0.1, 0.15) is 17.5 Å². The summed E-state index contributed by atoms with van der Waals surface area (Å²) < 4.78 is 11.2. The molecule has 1 unspecified atom stereocenters. The molecule has 1 amide bonds. The van der Waals surface area contributed by atoms with Crippen molar-refractivity contribution in [2.75, 3.05) is 20.1 Å². The Labute approximate surface area is 161 Å². The van der Waals surface area contributed by atoms with Crippen LogP contribution in [-0.4, -0.2) is 49.4 Å². The summed E-state index contributed by atoms with van der Waals surface area (Å²) in [5.74, 6) is 1.61. The number of ether oxygens (including phenoxy) is 2. The zero-order valence-electron chi connectivity index (χ0n) is 17.2. The van der Waals surface area contributed by atoms with Gasteiger partial charge in [-0.2, -0.15) is 0 Å². The van der Waals surface area contributed by atoms with Gasteiger partial charge in [-0.3, -0.25) is 4.99 Å². The van der Waals surface area contributed by atoms with Crippen LogP contribution in [0.15, 0.2) is 29.3 Å². The van der Waals surface area contributed by atoms with Crippen LogP contribution in [0.5, 0.6) is 5.75 Å². The topological polar surface area (TPSA) is 84.0 Å². The number of rotatable bonds is 5. The Morgan fingerprint density at radius 2 is 1.93 bits per heavy atom. The second-order valence-corrected chi connectivity index (χ2v) is 8.37. The highest BCUT2D eigenvalue weighted by molar-refractivity contribution is 5.80. The molecule has 1 aromatic rings. The van der Waals surface area contributed by atoms with Gasteiger partial charge in [0, 0.05) is 20.0 Å². The van der Waals surface area contributed by atoms with Crippen molar-refractivity contribution in [2.24, 2.45) is 4.99 Å². The van der Waals surface area contributed by atoms with Gasteiger partial charge in [-0.25, -0.2) is 4.79 Å². The zero-order chi connectivity index (χ0) is 20.1. The van der Waals surface area contributed by atoms with E-state index in [1.54, 1.807) is 7.05 Å². The molecule has 1 aliphatic heterocycles. The Morgan fingerprint density at radius 1 is 1.22 bits per heavy atom. The second kappa shape index (κ2) is 8.50. The van der Waals surface area contributed by atoms with Crippen LogP contribution in [0.1, 0.15) is 40.2 Å². The molecule has 7 nitrogen and oxygen atoms in total. The number of nitrogens with one attached hydrogen (secondary N) is 3. The van der Waals surface area contributed by atoms with E-state index in [4.69, 9.17) is 9.47 Å². The van der Waals surface area contributed by atoms with Gasteiger partial charge >= 0.3 is 6.09 Å². The molecule has 1 atom stereocenters. The van der Waals surface area contributed by atoms with E-state index in [2.05, 4.69) is 27.0 Å². The number of alkyl carbamates (subject to hydrolysis) is 1. The maximum absolute atomic E-state index is 12.0. The Hall–Kier alpha value is -2.44. The van der Waals surface area contributed by atoms with Gasteiger partial charge in [0.15, 0.2) is 5.96 Å². The van der Waals surface area contributed by atoms with Gasteiger partial charge < -0.3 is 25.4 Å². The maximum atomic E-state index is 12.0. The summed E-state index contributed by atoms with van der Waals surface area (Å²) in [6.45, 7) is 10.5. The number of amides is 1. The molecule has 7 heteroatoms. The minimum Gasteiger partial charge on any atom is -0.488 e. The third-order valence-corrected chi connectivity index (χ3v) is 3.97. The van der Waals surface area contributed by atoms with E-state index in [1.165, 1.54) is 5.56 Å². The molecule has 2 rings (SSSR count). The summed E-state index contributed by atoms with van der Waals surface area (Å²) in [6, 6.07) is 8.09. The molecule has 0 aromatic heterocycles. The molecule has 1 heterocycles. The van der Waals surface area contributed by atoms with Crippen molar-refractivity contribution >= 4 is 12.1 Å². The van der Waals surface area contributed by atoms with Crippen LogP contribution in [0, 0.1) is 0 Å². The largest absolute Gasteiger partial charge is 0.488 e. The molecule has 0 bridgehead atoms. The lowest BCUT2D eigenvalue weighted by Gasteiger charge is -2.29. The molecule has 0 radical (unpaired) electrons. The number of benzene rings is 1. The molecular weight excluding hydrogens is 344 g/mol. The molecule has 0 saturated carbocycles. The third-order valence-electron chi connectivity index (χ3n) is 3.97. The highest BCUT2D eigenvalue weighted by Gasteiger charge is 2.25. The van der Waals surface area contributed by atoms with Gasteiger partial charge in [0.05, 0.1) is 12.1 Å². The van der Waals surface area contributed by atoms with Crippen molar-refractivity contribution in [1.29, 1.82) is 0 Å². The van der Waals surface area contributed by atoms with Crippen LogP contribution in [0.3, 0.4) is 0 Å². The van der Waals surface area contributed by atoms with Crippen molar-refractivity contribution < 1.29 is 14.3 Å².